The topological polar surface area (TPSA) is 0 Å². The number of thiocarbonyl (C=S) groups is 1. The van der Waals surface area contributed by atoms with E-state index in [1.807, 2.05) is 20.8 Å². The predicted molar refractivity (Wildman–Crippen MR) is 167 cm³/mol. The van der Waals surface area contributed by atoms with Crippen LogP contribution in [0.3, 0.4) is 0 Å². The number of rotatable bonds is 7. The number of benzene rings is 2. The summed E-state index contributed by atoms with van der Waals surface area (Å²) in [5.74, 6) is 0. The fourth-order valence-electron chi connectivity index (χ4n) is 3.34. The van der Waals surface area contributed by atoms with Crippen LogP contribution in [0.2, 0.25) is 0 Å². The molecule has 3 rings (SSSR count). The van der Waals surface area contributed by atoms with Gasteiger partial charge in [0.15, 0.2) is 0 Å². The molecule has 0 atom stereocenters. The van der Waals surface area contributed by atoms with Gasteiger partial charge in [0.05, 0.1) is 0 Å². The Balaban J connectivity index is 0.000000387. The van der Waals surface area contributed by atoms with Crippen LogP contribution in [0.25, 0.3) is 10.5 Å². The maximum atomic E-state index is 4.43. The highest BCUT2D eigenvalue weighted by atomic mass is 32.1. The van der Waals surface area contributed by atoms with Crippen molar-refractivity contribution in [3.63, 3.8) is 0 Å². The van der Waals surface area contributed by atoms with Crippen LogP contribution in [0.4, 0.5) is 0 Å². The zero-order valence-corrected chi connectivity index (χ0v) is 23.7. The van der Waals surface area contributed by atoms with Crippen LogP contribution in [-0.2, 0) is 6.42 Å². The summed E-state index contributed by atoms with van der Waals surface area (Å²) in [5, 5.41) is 1.71. The smallest absolute Gasteiger partial charge is 0.00405 e. The van der Waals surface area contributed by atoms with Crippen molar-refractivity contribution in [2.24, 2.45) is 0 Å². The lowest BCUT2D eigenvalue weighted by Gasteiger charge is -2.08. The van der Waals surface area contributed by atoms with E-state index in [0.717, 1.165) is 46.5 Å². The minimum atomic E-state index is 0.793. The lowest BCUT2D eigenvalue weighted by Crippen LogP contribution is -1.88. The van der Waals surface area contributed by atoms with Crippen LogP contribution in [0, 0.1) is 6.92 Å². The fraction of sp³-hybridized carbons (Fsp3) is 0.242. The summed E-state index contributed by atoms with van der Waals surface area (Å²) in [6, 6.07) is 17.0. The second kappa shape index (κ2) is 16.1. The lowest BCUT2D eigenvalue weighted by molar-refractivity contribution is 1.14. The predicted octanol–water partition coefficient (Wildman–Crippen LogP) is 10.3. The van der Waals surface area contributed by atoms with Gasteiger partial charge in [0.25, 0.3) is 0 Å². The third kappa shape index (κ3) is 11.1. The molecule has 0 nitrogen and oxygen atoms in total. The zero-order valence-electron chi connectivity index (χ0n) is 22.0. The van der Waals surface area contributed by atoms with Crippen LogP contribution >= 0.6 is 24.8 Å². The van der Waals surface area contributed by atoms with Gasteiger partial charge in [-0.2, -0.15) is 0 Å². The maximum absolute atomic E-state index is 4.43. The molecule has 184 valence electrons. The standard InChI is InChI=1S/C21H22S.C9H12.C3H6S/c1-14(2)21(15(3)4)13-17-6-7-20(12-17)19-10-8-18(9-11-19)16(5)22;1-3-9-6-4-8(2)5-7-9;1-2-3-4/h6-11,13,22H,1,3,5,12H2,2,4H3;4-7H,3H2,1-2H3;3H,2H2,1H3. The largest absolute Gasteiger partial charge is 0.143 e. The summed E-state index contributed by atoms with van der Waals surface area (Å²) in [4.78, 5) is 0.793. The van der Waals surface area contributed by atoms with Crippen molar-refractivity contribution in [1.82, 2.24) is 0 Å². The van der Waals surface area contributed by atoms with E-state index in [-0.39, 0.29) is 0 Å². The number of hydrogen-bond donors (Lipinski definition) is 1. The minimum Gasteiger partial charge on any atom is -0.143 e. The third-order valence-corrected chi connectivity index (χ3v) is 6.02. The summed E-state index contributed by atoms with van der Waals surface area (Å²) in [5.41, 5.74) is 10.9. The Morgan fingerprint density at radius 2 is 1.46 bits per heavy atom. The van der Waals surface area contributed by atoms with Gasteiger partial charge in [-0.25, -0.2) is 0 Å². The third-order valence-electron chi connectivity index (χ3n) is 5.43. The van der Waals surface area contributed by atoms with Gasteiger partial charge >= 0.3 is 0 Å². The van der Waals surface area contributed by atoms with Crippen molar-refractivity contribution >= 4 is 40.7 Å². The average Bonchev–Trinajstić information content (AvgIpc) is 3.32. The molecular weight excluding hydrogens is 460 g/mol. The van der Waals surface area contributed by atoms with Gasteiger partial charge in [0, 0.05) is 4.91 Å². The van der Waals surface area contributed by atoms with E-state index in [0.29, 0.717) is 0 Å². The summed E-state index contributed by atoms with van der Waals surface area (Å²) < 4.78 is 0. The van der Waals surface area contributed by atoms with Crippen LogP contribution in [0.15, 0.2) is 109 Å². The Hall–Kier alpha value is -2.68. The molecule has 0 bridgehead atoms. The second-order valence-corrected chi connectivity index (χ2v) is 9.54. The zero-order chi connectivity index (χ0) is 26.4. The van der Waals surface area contributed by atoms with Crippen molar-refractivity contribution in [3.8, 4) is 0 Å². The molecule has 2 heteroatoms. The first-order valence-corrected chi connectivity index (χ1v) is 13.0. The van der Waals surface area contributed by atoms with E-state index >= 15 is 0 Å². The number of aryl methyl sites for hydroxylation is 2. The van der Waals surface area contributed by atoms with E-state index in [2.05, 4.69) is 125 Å². The van der Waals surface area contributed by atoms with Gasteiger partial charge < -0.3 is 0 Å². The lowest BCUT2D eigenvalue weighted by atomic mass is 9.97. The van der Waals surface area contributed by atoms with E-state index in [9.17, 15) is 0 Å². The highest BCUT2D eigenvalue weighted by molar-refractivity contribution is 7.90. The van der Waals surface area contributed by atoms with Gasteiger partial charge in [0.1, 0.15) is 0 Å². The molecule has 0 unspecified atom stereocenters. The first-order valence-electron chi connectivity index (χ1n) is 12.0. The Labute approximate surface area is 225 Å². The van der Waals surface area contributed by atoms with E-state index in [1.165, 1.54) is 27.8 Å². The van der Waals surface area contributed by atoms with Crippen LogP contribution < -0.4 is 0 Å². The Bertz CT molecular complexity index is 1090. The molecule has 1 aliphatic carbocycles. The molecule has 2 aromatic rings. The Morgan fingerprint density at radius 1 is 0.914 bits per heavy atom. The molecular formula is C33H40S2. The molecule has 0 amide bonds. The van der Waals surface area contributed by atoms with Gasteiger partial charge in [-0.1, -0.05) is 129 Å². The van der Waals surface area contributed by atoms with Crippen LogP contribution in [0.5, 0.6) is 0 Å². The average molecular weight is 501 g/mol. The van der Waals surface area contributed by atoms with Gasteiger partial charge in [0.2, 0.25) is 0 Å². The Morgan fingerprint density at radius 3 is 1.89 bits per heavy atom. The maximum Gasteiger partial charge on any atom is 0.00405 e. The highest BCUT2D eigenvalue weighted by Crippen LogP contribution is 2.31. The van der Waals surface area contributed by atoms with Crippen molar-refractivity contribution in [2.45, 2.75) is 53.9 Å². The van der Waals surface area contributed by atoms with Crippen LogP contribution in [-0.4, -0.2) is 5.37 Å². The molecule has 2 aromatic carbocycles. The van der Waals surface area contributed by atoms with Crippen LogP contribution in [0.1, 0.15) is 62.8 Å². The van der Waals surface area contributed by atoms with Gasteiger partial charge in [-0.05, 0) is 78.8 Å². The molecule has 0 N–H and O–H groups in total. The summed E-state index contributed by atoms with van der Waals surface area (Å²) in [6.45, 7) is 22.3. The molecule has 0 heterocycles. The molecule has 0 saturated heterocycles. The SMILES string of the molecule is C=C(C)C(=CC1=CC=C(c2ccc(C(=C)S)cc2)C1)C(=C)C.CCC=S.CCc1ccc(C)cc1. The molecule has 1 aliphatic rings. The fourth-order valence-corrected chi connectivity index (χ4v) is 3.49. The number of allylic oxidation sites excluding steroid dienone is 8. The highest BCUT2D eigenvalue weighted by Gasteiger charge is 2.10. The summed E-state index contributed by atoms with van der Waals surface area (Å²) in [7, 11) is 0. The van der Waals surface area contributed by atoms with Crippen molar-refractivity contribution in [3.05, 3.63) is 131 Å². The molecule has 0 saturated carbocycles. The summed E-state index contributed by atoms with van der Waals surface area (Å²) >= 11 is 8.71. The second-order valence-electron chi connectivity index (χ2n) is 8.67. The first-order chi connectivity index (χ1) is 16.6. The Kier molecular flexibility index (Phi) is 13.9. The molecule has 0 radical (unpaired) electrons. The first kappa shape index (κ1) is 30.4. The normalized spacial score (nSPS) is 11.5. The van der Waals surface area contributed by atoms with Gasteiger partial charge in [-0.3, -0.25) is 0 Å². The van der Waals surface area contributed by atoms with Gasteiger partial charge in [-0.15, -0.1) is 12.6 Å². The van der Waals surface area contributed by atoms with E-state index < -0.39 is 0 Å². The molecule has 35 heavy (non-hydrogen) atoms. The molecule has 0 aliphatic heterocycles. The molecule has 0 spiro atoms. The summed E-state index contributed by atoms with van der Waals surface area (Å²) in [6.07, 6.45) is 9.64. The number of thiol groups is 1. The molecule has 0 fully saturated rings. The van der Waals surface area contributed by atoms with Crippen molar-refractivity contribution in [2.75, 3.05) is 0 Å². The van der Waals surface area contributed by atoms with Crippen molar-refractivity contribution < 1.29 is 0 Å². The molecule has 0 aromatic heterocycles. The number of hydrogen-bond acceptors (Lipinski definition) is 2. The monoisotopic (exact) mass is 500 g/mol. The minimum absolute atomic E-state index is 0.793. The van der Waals surface area contributed by atoms with Crippen molar-refractivity contribution in [1.29, 1.82) is 0 Å². The van der Waals surface area contributed by atoms with E-state index in [1.54, 1.807) is 5.37 Å². The quantitative estimate of drug-likeness (QED) is 0.224. The van der Waals surface area contributed by atoms with E-state index in [4.69, 9.17) is 0 Å².